The van der Waals surface area contributed by atoms with Gasteiger partial charge in [-0.15, -0.1) is 0 Å². The Balaban J connectivity index is 0.000000204. The molecule has 247 valence electrons. The second kappa shape index (κ2) is 18.8. The zero-order valence-electron chi connectivity index (χ0n) is 25.3. The molecule has 0 spiro atoms. The van der Waals surface area contributed by atoms with Gasteiger partial charge in [0.25, 0.3) is 0 Å². The molecule has 1 radical (unpaired) electrons. The number of hydrogen-bond donors (Lipinski definition) is 2. The summed E-state index contributed by atoms with van der Waals surface area (Å²) in [7, 11) is 0. The number of rotatable bonds is 4. The zero-order chi connectivity index (χ0) is 29.3. The number of benzene rings is 2. The third-order valence-corrected chi connectivity index (χ3v) is 7.24. The molecule has 0 aliphatic carbocycles. The SMILES string of the molecule is C1N2CN3CN1CN(C2)C3.C1N2CN3CN1CN(C2)C3.O=C(O)C=Cc1ccccc1.O=C(O)C=Cc1ccccc1.[Co+2].[OH3+].[OH3+]. The Kier molecular flexibility index (Phi) is 16.0. The van der Waals surface area contributed by atoms with E-state index < -0.39 is 11.9 Å². The first-order valence-electron chi connectivity index (χ1n) is 14.1. The van der Waals surface area contributed by atoms with E-state index in [1.165, 1.54) is 80.0 Å². The molecule has 15 heteroatoms. The van der Waals surface area contributed by atoms with Gasteiger partial charge in [0.15, 0.2) is 0 Å². The van der Waals surface area contributed by atoms with E-state index in [9.17, 15) is 9.59 Å². The molecule has 45 heavy (non-hydrogen) atoms. The second-order valence-corrected chi connectivity index (χ2v) is 11.2. The Morgan fingerprint density at radius 2 is 0.644 bits per heavy atom. The maximum absolute atomic E-state index is 10.1. The average Bonchev–Trinajstić information content (AvgIpc) is 2.96. The van der Waals surface area contributed by atoms with Crippen molar-refractivity contribution >= 4 is 24.1 Å². The third kappa shape index (κ3) is 12.4. The van der Waals surface area contributed by atoms with Gasteiger partial charge in [-0.2, -0.15) is 0 Å². The van der Waals surface area contributed by atoms with Crippen molar-refractivity contribution in [1.29, 1.82) is 0 Å². The van der Waals surface area contributed by atoms with Crippen LogP contribution < -0.4 is 0 Å². The van der Waals surface area contributed by atoms with Crippen LogP contribution in [0.3, 0.4) is 0 Å². The molecule has 8 aliphatic heterocycles. The maximum atomic E-state index is 10.1. The molecule has 0 saturated carbocycles. The fraction of sp³-hybridized carbons (Fsp3) is 0.400. The minimum Gasteiger partial charge on any atom is -0.478 e. The molecular weight excluding hydrogens is 627 g/mol. The summed E-state index contributed by atoms with van der Waals surface area (Å²) < 4.78 is 0. The third-order valence-electron chi connectivity index (χ3n) is 7.24. The number of hydrogen-bond acceptors (Lipinski definition) is 10. The molecule has 8 saturated heterocycles. The van der Waals surface area contributed by atoms with Crippen molar-refractivity contribution in [3.63, 3.8) is 0 Å². The average molecular weight is 674 g/mol. The van der Waals surface area contributed by atoms with Crippen molar-refractivity contribution in [1.82, 2.24) is 39.2 Å². The van der Waals surface area contributed by atoms with Gasteiger partial charge in [0.1, 0.15) is 0 Å². The summed E-state index contributed by atoms with van der Waals surface area (Å²) in [5.41, 5.74) is 1.80. The van der Waals surface area contributed by atoms with Crippen LogP contribution in [0.5, 0.6) is 0 Å². The maximum Gasteiger partial charge on any atom is 2.00 e. The predicted molar refractivity (Wildman–Crippen MR) is 169 cm³/mol. The van der Waals surface area contributed by atoms with Crippen LogP contribution in [0.2, 0.25) is 0 Å². The molecule has 10 rings (SSSR count). The number of carbonyl (C=O) groups is 2. The molecular formula is C30H46CoN8O6+4. The second-order valence-electron chi connectivity index (χ2n) is 11.2. The van der Waals surface area contributed by atoms with Crippen molar-refractivity contribution < 1.29 is 47.5 Å². The first kappa shape index (κ1) is 38.2. The molecule has 8 heterocycles. The Hall–Kier alpha value is -3.03. The van der Waals surface area contributed by atoms with E-state index in [1.807, 2.05) is 60.7 Å². The molecule has 2 aromatic rings. The fourth-order valence-electron chi connectivity index (χ4n) is 5.93. The van der Waals surface area contributed by atoms with E-state index >= 15 is 0 Å². The molecule has 14 nitrogen and oxygen atoms in total. The summed E-state index contributed by atoms with van der Waals surface area (Å²) in [6, 6.07) is 18.6. The summed E-state index contributed by atoms with van der Waals surface area (Å²) in [5.74, 6) is -1.84. The largest absolute Gasteiger partial charge is 2.00 e. The van der Waals surface area contributed by atoms with Crippen molar-refractivity contribution in [3.8, 4) is 0 Å². The van der Waals surface area contributed by atoms with Gasteiger partial charge in [-0.3, -0.25) is 39.2 Å². The predicted octanol–water partition coefficient (Wildman–Crippen LogP) is -0.317. The Labute approximate surface area is 274 Å². The van der Waals surface area contributed by atoms with Crippen molar-refractivity contribution in [2.24, 2.45) is 0 Å². The van der Waals surface area contributed by atoms with E-state index in [0.717, 1.165) is 23.3 Å². The van der Waals surface area contributed by atoms with Crippen LogP contribution in [0, 0.1) is 0 Å². The number of carboxylic acid groups (broad SMARTS) is 2. The fourth-order valence-corrected chi connectivity index (χ4v) is 5.93. The van der Waals surface area contributed by atoms with E-state index in [0.29, 0.717) is 0 Å². The minimum absolute atomic E-state index is 0. The van der Waals surface area contributed by atoms with E-state index in [-0.39, 0.29) is 27.7 Å². The Bertz CT molecular complexity index is 1030. The minimum atomic E-state index is -0.922. The molecule has 8 bridgehead atoms. The number of nitrogens with zero attached hydrogens (tertiary/aromatic N) is 8. The Morgan fingerprint density at radius 3 is 0.822 bits per heavy atom. The summed E-state index contributed by atoms with van der Waals surface area (Å²) >= 11 is 0. The number of aliphatic carboxylic acids is 2. The van der Waals surface area contributed by atoms with E-state index in [4.69, 9.17) is 10.2 Å². The van der Waals surface area contributed by atoms with Crippen LogP contribution in [0.1, 0.15) is 11.1 Å². The van der Waals surface area contributed by atoms with E-state index in [1.54, 1.807) is 12.2 Å². The molecule has 0 aromatic heterocycles. The van der Waals surface area contributed by atoms with Gasteiger partial charge >= 0.3 is 28.7 Å². The van der Waals surface area contributed by atoms with E-state index in [2.05, 4.69) is 39.2 Å². The van der Waals surface area contributed by atoms with Crippen molar-refractivity contribution in [2.45, 2.75) is 0 Å². The number of carboxylic acids is 2. The summed E-state index contributed by atoms with van der Waals surface area (Å²) in [6.07, 6.45) is 5.36. The standard InChI is InChI=1S/2C9H8O2.2C6H12N4.Co.2H2O/c2*10-9(11)7-6-8-4-2-1-3-5-8;2*1-7-2-9-4-8(1)5-10(3-7)6-9;;;/h2*1-7H,(H,10,11);2*1-6H2;;2*1H2/q;;;;+2;;/p+2. The molecule has 8 fully saturated rings. The van der Waals surface area contributed by atoms with Crippen LogP contribution >= 0.6 is 0 Å². The van der Waals surface area contributed by atoms with Crippen LogP contribution in [0.15, 0.2) is 72.8 Å². The Morgan fingerprint density at radius 1 is 0.444 bits per heavy atom. The molecule has 8 N–H and O–H groups in total. The summed E-state index contributed by atoms with van der Waals surface area (Å²) in [6.45, 7) is 14.2. The first-order valence-corrected chi connectivity index (χ1v) is 14.1. The molecule has 8 aliphatic rings. The van der Waals surface area contributed by atoms with Gasteiger partial charge in [0.2, 0.25) is 0 Å². The smallest absolute Gasteiger partial charge is 0.478 e. The molecule has 0 unspecified atom stereocenters. The van der Waals surface area contributed by atoms with Crippen LogP contribution in [0.4, 0.5) is 0 Å². The summed E-state index contributed by atoms with van der Waals surface area (Å²) in [5, 5.41) is 16.6. The van der Waals surface area contributed by atoms with Gasteiger partial charge in [0.05, 0.1) is 80.0 Å². The van der Waals surface area contributed by atoms with Gasteiger partial charge in [0, 0.05) is 12.2 Å². The quantitative estimate of drug-likeness (QED) is 0.322. The molecule has 2 aromatic carbocycles. The molecule has 0 atom stereocenters. The van der Waals surface area contributed by atoms with Crippen LogP contribution in [0.25, 0.3) is 12.2 Å². The normalized spacial score (nSPS) is 30.6. The monoisotopic (exact) mass is 673 g/mol. The van der Waals surface area contributed by atoms with Gasteiger partial charge < -0.3 is 21.2 Å². The van der Waals surface area contributed by atoms with Crippen LogP contribution in [-0.4, -0.2) is 141 Å². The van der Waals surface area contributed by atoms with Crippen molar-refractivity contribution in [3.05, 3.63) is 83.9 Å². The van der Waals surface area contributed by atoms with Gasteiger partial charge in [-0.1, -0.05) is 60.7 Å². The topological polar surface area (TPSA) is 167 Å². The molecule has 0 amide bonds. The van der Waals surface area contributed by atoms with Crippen LogP contribution in [-0.2, 0) is 37.3 Å². The first-order chi connectivity index (χ1) is 20.4. The zero-order valence-corrected chi connectivity index (χ0v) is 26.4. The van der Waals surface area contributed by atoms with Gasteiger partial charge in [-0.05, 0) is 23.3 Å². The summed E-state index contributed by atoms with van der Waals surface area (Å²) in [4.78, 5) is 39.9. The van der Waals surface area contributed by atoms with Crippen molar-refractivity contribution in [2.75, 3.05) is 80.0 Å². The van der Waals surface area contributed by atoms with Gasteiger partial charge in [-0.25, -0.2) is 9.59 Å².